The van der Waals surface area contributed by atoms with Gasteiger partial charge in [0.05, 0.1) is 0 Å². The molecule has 0 radical (unpaired) electrons. The van der Waals surface area contributed by atoms with Gasteiger partial charge in [0.25, 0.3) is 0 Å². The van der Waals surface area contributed by atoms with Gasteiger partial charge in [-0.15, -0.1) is 0 Å². The van der Waals surface area contributed by atoms with Crippen LogP contribution in [-0.2, 0) is 0 Å². The molecule has 2 rings (SSSR count). The second kappa shape index (κ2) is 5.56. The summed E-state index contributed by atoms with van der Waals surface area (Å²) < 4.78 is 26.1. The monoisotopic (exact) mass is 240 g/mol. The molecule has 0 aliphatic carbocycles. The lowest BCUT2D eigenvalue weighted by molar-refractivity contribution is 0.225. The van der Waals surface area contributed by atoms with Gasteiger partial charge in [-0.3, -0.25) is 4.90 Å². The predicted molar refractivity (Wildman–Crippen MR) is 63.8 cm³/mol. The minimum Gasteiger partial charge on any atom is -0.315 e. The quantitative estimate of drug-likeness (QED) is 0.853. The van der Waals surface area contributed by atoms with Gasteiger partial charge in [0.1, 0.15) is 0 Å². The van der Waals surface area contributed by atoms with Crippen molar-refractivity contribution in [3.05, 3.63) is 35.4 Å². The van der Waals surface area contributed by atoms with E-state index in [2.05, 4.69) is 10.2 Å². The second-order valence-corrected chi connectivity index (χ2v) is 4.49. The molecule has 94 valence electrons. The molecule has 1 aromatic carbocycles. The fraction of sp³-hybridized carbons (Fsp3) is 0.538. The average Bonchev–Trinajstić information content (AvgIpc) is 2.60. The maximum absolute atomic E-state index is 13.2. The number of rotatable bonds is 2. The molecule has 1 heterocycles. The number of nitrogens with one attached hydrogen (secondary N) is 1. The Morgan fingerprint density at radius 3 is 2.76 bits per heavy atom. The smallest absolute Gasteiger partial charge is 0.159 e. The summed E-state index contributed by atoms with van der Waals surface area (Å²) in [5.41, 5.74) is 0.839. The Morgan fingerprint density at radius 1 is 1.18 bits per heavy atom. The van der Waals surface area contributed by atoms with Crippen LogP contribution in [0.1, 0.15) is 24.9 Å². The van der Waals surface area contributed by atoms with E-state index in [0.717, 1.165) is 38.2 Å². The second-order valence-electron chi connectivity index (χ2n) is 4.49. The van der Waals surface area contributed by atoms with Crippen LogP contribution in [0.25, 0.3) is 0 Å². The summed E-state index contributed by atoms with van der Waals surface area (Å²) in [6.45, 7) is 5.96. The Kier molecular flexibility index (Phi) is 4.07. The molecular formula is C13H18F2N2. The van der Waals surface area contributed by atoms with Crippen molar-refractivity contribution in [3.63, 3.8) is 0 Å². The van der Waals surface area contributed by atoms with Crippen molar-refractivity contribution in [1.29, 1.82) is 0 Å². The predicted octanol–water partition coefficient (Wildman–Crippen LogP) is 2.32. The van der Waals surface area contributed by atoms with Crippen LogP contribution < -0.4 is 5.32 Å². The molecular weight excluding hydrogens is 222 g/mol. The lowest BCUT2D eigenvalue weighted by atomic mass is 10.1. The molecule has 0 aromatic heterocycles. The molecule has 1 aromatic rings. The summed E-state index contributed by atoms with van der Waals surface area (Å²) in [6, 6.07) is 4.31. The van der Waals surface area contributed by atoms with E-state index >= 15 is 0 Å². The zero-order valence-corrected chi connectivity index (χ0v) is 10.0. The van der Waals surface area contributed by atoms with Gasteiger partial charge in [-0.25, -0.2) is 8.78 Å². The molecule has 4 heteroatoms. The highest BCUT2D eigenvalue weighted by molar-refractivity contribution is 5.21. The molecule has 0 amide bonds. The van der Waals surface area contributed by atoms with Crippen LogP contribution >= 0.6 is 0 Å². The lowest BCUT2D eigenvalue weighted by Crippen LogP contribution is -2.30. The van der Waals surface area contributed by atoms with Crippen LogP contribution in [0.4, 0.5) is 8.78 Å². The van der Waals surface area contributed by atoms with Crippen LogP contribution in [0.2, 0.25) is 0 Å². The van der Waals surface area contributed by atoms with Crippen molar-refractivity contribution in [2.24, 2.45) is 0 Å². The Labute approximate surface area is 101 Å². The standard InChI is InChI=1S/C13H18F2N2/c1-10(17-7-2-5-16-6-8-17)11-3-4-12(14)13(15)9-11/h3-4,9-10,16H,2,5-8H2,1H3. The van der Waals surface area contributed by atoms with E-state index in [-0.39, 0.29) is 6.04 Å². The number of hydrogen-bond acceptors (Lipinski definition) is 2. The van der Waals surface area contributed by atoms with Crippen molar-refractivity contribution in [1.82, 2.24) is 10.2 Å². The van der Waals surface area contributed by atoms with Crippen molar-refractivity contribution < 1.29 is 8.78 Å². The van der Waals surface area contributed by atoms with Crippen LogP contribution in [0, 0.1) is 11.6 Å². The molecule has 17 heavy (non-hydrogen) atoms. The minimum absolute atomic E-state index is 0.130. The van der Waals surface area contributed by atoms with Crippen molar-refractivity contribution >= 4 is 0 Å². The highest BCUT2D eigenvalue weighted by Gasteiger charge is 2.18. The first-order valence-corrected chi connectivity index (χ1v) is 6.08. The molecule has 1 unspecified atom stereocenters. The highest BCUT2D eigenvalue weighted by atomic mass is 19.2. The van der Waals surface area contributed by atoms with Crippen LogP contribution in [0.5, 0.6) is 0 Å². The maximum Gasteiger partial charge on any atom is 0.159 e. The molecule has 1 saturated heterocycles. The van der Waals surface area contributed by atoms with Gasteiger partial charge in [0, 0.05) is 19.1 Å². The van der Waals surface area contributed by atoms with Crippen LogP contribution in [0.15, 0.2) is 18.2 Å². The molecule has 1 aliphatic heterocycles. The Bertz CT molecular complexity index is 374. The third kappa shape index (κ3) is 3.01. The number of hydrogen-bond donors (Lipinski definition) is 1. The Balaban J connectivity index is 2.11. The van der Waals surface area contributed by atoms with Gasteiger partial charge in [-0.2, -0.15) is 0 Å². The first-order valence-electron chi connectivity index (χ1n) is 6.08. The molecule has 1 fully saturated rings. The van der Waals surface area contributed by atoms with E-state index < -0.39 is 11.6 Å². The zero-order chi connectivity index (χ0) is 12.3. The van der Waals surface area contributed by atoms with E-state index in [1.54, 1.807) is 6.07 Å². The van der Waals surface area contributed by atoms with E-state index in [9.17, 15) is 8.78 Å². The van der Waals surface area contributed by atoms with Gasteiger partial charge in [0.2, 0.25) is 0 Å². The zero-order valence-electron chi connectivity index (χ0n) is 10.0. The topological polar surface area (TPSA) is 15.3 Å². The number of nitrogens with zero attached hydrogens (tertiary/aromatic N) is 1. The van der Waals surface area contributed by atoms with Crippen molar-refractivity contribution in [2.75, 3.05) is 26.2 Å². The molecule has 1 atom stereocenters. The van der Waals surface area contributed by atoms with Gasteiger partial charge in [-0.05, 0) is 44.1 Å². The van der Waals surface area contributed by atoms with E-state index in [1.165, 1.54) is 12.1 Å². The van der Waals surface area contributed by atoms with Crippen LogP contribution in [0.3, 0.4) is 0 Å². The third-order valence-electron chi connectivity index (χ3n) is 3.35. The SMILES string of the molecule is CC(c1ccc(F)c(F)c1)N1CCCNCC1. The van der Waals surface area contributed by atoms with Crippen molar-refractivity contribution in [2.45, 2.75) is 19.4 Å². The molecule has 0 spiro atoms. The molecule has 1 aliphatic rings. The van der Waals surface area contributed by atoms with Crippen LogP contribution in [-0.4, -0.2) is 31.1 Å². The van der Waals surface area contributed by atoms with Gasteiger partial charge < -0.3 is 5.32 Å². The first kappa shape index (κ1) is 12.5. The highest BCUT2D eigenvalue weighted by Crippen LogP contribution is 2.22. The summed E-state index contributed by atoms with van der Waals surface area (Å²) >= 11 is 0. The maximum atomic E-state index is 13.2. The molecule has 0 saturated carbocycles. The average molecular weight is 240 g/mol. The van der Waals surface area contributed by atoms with E-state index in [0.29, 0.717) is 0 Å². The van der Waals surface area contributed by atoms with Gasteiger partial charge >= 0.3 is 0 Å². The Morgan fingerprint density at radius 2 is 2.00 bits per heavy atom. The number of halogens is 2. The fourth-order valence-corrected chi connectivity index (χ4v) is 2.24. The van der Waals surface area contributed by atoms with E-state index in [4.69, 9.17) is 0 Å². The summed E-state index contributed by atoms with van der Waals surface area (Å²) in [6.07, 6.45) is 1.09. The Hall–Kier alpha value is -1.00. The number of benzene rings is 1. The van der Waals surface area contributed by atoms with Gasteiger partial charge in [0.15, 0.2) is 11.6 Å². The third-order valence-corrected chi connectivity index (χ3v) is 3.35. The van der Waals surface area contributed by atoms with Crippen molar-refractivity contribution in [3.8, 4) is 0 Å². The molecule has 1 N–H and O–H groups in total. The van der Waals surface area contributed by atoms with Gasteiger partial charge in [-0.1, -0.05) is 6.07 Å². The van der Waals surface area contributed by atoms with E-state index in [1.807, 2.05) is 6.92 Å². The summed E-state index contributed by atoms with van der Waals surface area (Å²) in [7, 11) is 0. The fourth-order valence-electron chi connectivity index (χ4n) is 2.24. The normalized spacial score (nSPS) is 19.9. The first-order chi connectivity index (χ1) is 8.18. The molecule has 0 bridgehead atoms. The summed E-state index contributed by atoms with van der Waals surface area (Å²) in [5, 5.41) is 3.33. The minimum atomic E-state index is -0.779. The summed E-state index contributed by atoms with van der Waals surface area (Å²) in [5.74, 6) is -1.54. The summed E-state index contributed by atoms with van der Waals surface area (Å²) in [4.78, 5) is 2.30. The largest absolute Gasteiger partial charge is 0.315 e. The molecule has 2 nitrogen and oxygen atoms in total. The lowest BCUT2D eigenvalue weighted by Gasteiger charge is -2.27.